The van der Waals surface area contributed by atoms with Gasteiger partial charge in [-0.1, -0.05) is 30.3 Å². The number of hydrogen-bond acceptors (Lipinski definition) is 1. The summed E-state index contributed by atoms with van der Waals surface area (Å²) >= 11 is 0. The lowest BCUT2D eigenvalue weighted by Gasteiger charge is -2.08. The molecule has 1 heterocycles. The summed E-state index contributed by atoms with van der Waals surface area (Å²) in [6, 6.07) is 15.4. The number of carboxylic acid groups (broad SMARTS) is 1. The summed E-state index contributed by atoms with van der Waals surface area (Å²) in [6.07, 6.45) is 2.05. The van der Waals surface area contributed by atoms with E-state index in [1.165, 1.54) is 16.5 Å². The average Bonchev–Trinajstić information content (AvgIpc) is 2.84. The second-order valence-electron chi connectivity index (χ2n) is 4.96. The van der Waals surface area contributed by atoms with Crippen molar-refractivity contribution in [2.45, 2.75) is 13.5 Å². The van der Waals surface area contributed by atoms with Crippen LogP contribution in [0.25, 0.3) is 10.9 Å². The molecule has 0 spiro atoms. The first-order valence-corrected chi connectivity index (χ1v) is 6.52. The van der Waals surface area contributed by atoms with Gasteiger partial charge in [0.15, 0.2) is 0 Å². The molecule has 3 heteroatoms. The third-order valence-electron chi connectivity index (χ3n) is 3.52. The first kappa shape index (κ1) is 12.5. The van der Waals surface area contributed by atoms with Gasteiger partial charge in [-0.25, -0.2) is 4.79 Å². The number of benzene rings is 2. The van der Waals surface area contributed by atoms with Crippen molar-refractivity contribution >= 4 is 16.9 Å². The lowest BCUT2D eigenvalue weighted by Crippen LogP contribution is -2.02. The van der Waals surface area contributed by atoms with Crippen molar-refractivity contribution in [3.05, 3.63) is 71.4 Å². The van der Waals surface area contributed by atoms with E-state index in [1.54, 1.807) is 18.2 Å². The van der Waals surface area contributed by atoms with Crippen molar-refractivity contribution in [1.29, 1.82) is 0 Å². The van der Waals surface area contributed by atoms with Crippen LogP contribution in [0.4, 0.5) is 0 Å². The smallest absolute Gasteiger partial charge is 0.335 e. The van der Waals surface area contributed by atoms with Crippen molar-refractivity contribution in [3.63, 3.8) is 0 Å². The molecule has 2 aromatic carbocycles. The van der Waals surface area contributed by atoms with Crippen LogP contribution >= 0.6 is 0 Å². The number of aromatic carboxylic acids is 1. The van der Waals surface area contributed by atoms with Gasteiger partial charge in [0.1, 0.15) is 0 Å². The molecule has 20 heavy (non-hydrogen) atoms. The fraction of sp³-hybridized carbons (Fsp3) is 0.118. The van der Waals surface area contributed by atoms with Crippen LogP contribution in [0.3, 0.4) is 0 Å². The van der Waals surface area contributed by atoms with Crippen molar-refractivity contribution in [2.24, 2.45) is 0 Å². The number of nitrogens with zero attached hydrogens (tertiary/aromatic N) is 1. The highest BCUT2D eigenvalue weighted by atomic mass is 16.4. The fourth-order valence-corrected chi connectivity index (χ4v) is 2.58. The first-order chi connectivity index (χ1) is 9.65. The number of fused-ring (bicyclic) bond motifs is 1. The lowest BCUT2D eigenvalue weighted by atomic mass is 10.1. The monoisotopic (exact) mass is 265 g/mol. The summed E-state index contributed by atoms with van der Waals surface area (Å²) in [7, 11) is 0. The molecule has 0 unspecified atom stereocenters. The van der Waals surface area contributed by atoms with Gasteiger partial charge in [-0.3, -0.25) is 0 Å². The van der Waals surface area contributed by atoms with Crippen LogP contribution in [0.2, 0.25) is 0 Å². The molecule has 3 nitrogen and oxygen atoms in total. The number of para-hydroxylation sites is 1. The lowest BCUT2D eigenvalue weighted by molar-refractivity contribution is 0.0696. The quantitative estimate of drug-likeness (QED) is 0.784. The van der Waals surface area contributed by atoms with Crippen LogP contribution in [-0.4, -0.2) is 15.6 Å². The highest BCUT2D eigenvalue weighted by molar-refractivity contribution is 5.87. The first-order valence-electron chi connectivity index (χ1n) is 6.52. The van der Waals surface area contributed by atoms with Crippen LogP contribution in [0.5, 0.6) is 0 Å². The van der Waals surface area contributed by atoms with Gasteiger partial charge in [0, 0.05) is 12.7 Å². The summed E-state index contributed by atoms with van der Waals surface area (Å²) in [6.45, 7) is 2.77. The Morgan fingerprint density at radius 1 is 1.15 bits per heavy atom. The molecule has 0 saturated heterocycles. The Balaban J connectivity index is 2.01. The molecule has 3 aromatic rings. The van der Waals surface area contributed by atoms with E-state index in [0.717, 1.165) is 5.56 Å². The molecule has 0 aliphatic carbocycles. The Labute approximate surface area is 117 Å². The van der Waals surface area contributed by atoms with Gasteiger partial charge in [-0.2, -0.15) is 0 Å². The summed E-state index contributed by atoms with van der Waals surface area (Å²) in [5, 5.41) is 10.3. The predicted molar refractivity (Wildman–Crippen MR) is 79.2 cm³/mol. The third kappa shape index (κ3) is 2.18. The van der Waals surface area contributed by atoms with Gasteiger partial charge < -0.3 is 9.67 Å². The molecule has 0 aliphatic heterocycles. The SMILES string of the molecule is Cc1cccc2ccn(Cc3cccc(C(=O)O)c3)c12. The molecule has 0 bridgehead atoms. The summed E-state index contributed by atoms with van der Waals surface area (Å²) in [5.41, 5.74) is 3.75. The van der Waals surface area contributed by atoms with Crippen molar-refractivity contribution < 1.29 is 9.90 Å². The number of hydrogen-bond donors (Lipinski definition) is 1. The van der Waals surface area contributed by atoms with Gasteiger partial charge >= 0.3 is 5.97 Å². The predicted octanol–water partition coefficient (Wildman–Crippen LogP) is 3.70. The van der Waals surface area contributed by atoms with E-state index >= 15 is 0 Å². The van der Waals surface area contributed by atoms with E-state index in [-0.39, 0.29) is 0 Å². The molecule has 1 aromatic heterocycles. The van der Waals surface area contributed by atoms with E-state index in [0.29, 0.717) is 12.1 Å². The normalized spacial score (nSPS) is 10.8. The van der Waals surface area contributed by atoms with Gasteiger partial charge in [0.2, 0.25) is 0 Å². The Hall–Kier alpha value is -2.55. The van der Waals surface area contributed by atoms with Gasteiger partial charge in [-0.05, 0) is 41.6 Å². The molecular formula is C17H15NO2. The van der Waals surface area contributed by atoms with E-state index in [4.69, 9.17) is 5.11 Å². The summed E-state index contributed by atoms with van der Waals surface area (Å²) in [5.74, 6) is -0.889. The molecule has 1 N–H and O–H groups in total. The molecule has 0 fully saturated rings. The van der Waals surface area contributed by atoms with Crippen LogP contribution in [0, 0.1) is 6.92 Å². The zero-order valence-corrected chi connectivity index (χ0v) is 11.2. The minimum absolute atomic E-state index is 0.329. The van der Waals surface area contributed by atoms with Gasteiger partial charge in [0.25, 0.3) is 0 Å². The maximum Gasteiger partial charge on any atom is 0.335 e. The fourth-order valence-electron chi connectivity index (χ4n) is 2.58. The third-order valence-corrected chi connectivity index (χ3v) is 3.52. The number of carboxylic acids is 1. The van der Waals surface area contributed by atoms with E-state index in [2.05, 4.69) is 29.7 Å². The topological polar surface area (TPSA) is 42.2 Å². The minimum Gasteiger partial charge on any atom is -0.478 e. The molecule has 0 radical (unpaired) electrons. The highest BCUT2D eigenvalue weighted by Gasteiger charge is 2.06. The van der Waals surface area contributed by atoms with Crippen molar-refractivity contribution in [3.8, 4) is 0 Å². The summed E-state index contributed by atoms with van der Waals surface area (Å²) < 4.78 is 2.16. The number of aromatic nitrogens is 1. The average molecular weight is 265 g/mol. The standard InChI is InChI=1S/C17H15NO2/c1-12-4-2-6-14-8-9-18(16(12)14)11-13-5-3-7-15(10-13)17(19)20/h2-10H,11H2,1H3,(H,19,20). The van der Waals surface area contributed by atoms with Crippen LogP contribution in [-0.2, 0) is 6.54 Å². The van der Waals surface area contributed by atoms with Gasteiger partial charge in [0.05, 0.1) is 11.1 Å². The second kappa shape index (κ2) is 4.85. The van der Waals surface area contributed by atoms with Crippen molar-refractivity contribution in [2.75, 3.05) is 0 Å². The van der Waals surface area contributed by atoms with Crippen LogP contribution < -0.4 is 0 Å². The highest BCUT2D eigenvalue weighted by Crippen LogP contribution is 2.21. The van der Waals surface area contributed by atoms with E-state index in [9.17, 15) is 4.79 Å². The molecule has 0 amide bonds. The molecule has 0 aliphatic rings. The van der Waals surface area contributed by atoms with E-state index < -0.39 is 5.97 Å². The zero-order valence-electron chi connectivity index (χ0n) is 11.2. The molecule has 0 atom stereocenters. The molecule has 0 saturated carbocycles. The maximum absolute atomic E-state index is 11.0. The number of carbonyl (C=O) groups is 1. The van der Waals surface area contributed by atoms with Crippen LogP contribution in [0.1, 0.15) is 21.5 Å². The number of aryl methyl sites for hydroxylation is 1. The van der Waals surface area contributed by atoms with Crippen molar-refractivity contribution in [1.82, 2.24) is 4.57 Å². The Morgan fingerprint density at radius 2 is 1.95 bits per heavy atom. The second-order valence-corrected chi connectivity index (χ2v) is 4.96. The molecule has 100 valence electrons. The molecule has 3 rings (SSSR count). The Morgan fingerprint density at radius 3 is 2.75 bits per heavy atom. The minimum atomic E-state index is -0.889. The molecular weight excluding hydrogens is 250 g/mol. The number of rotatable bonds is 3. The zero-order chi connectivity index (χ0) is 14.1. The van der Waals surface area contributed by atoms with E-state index in [1.807, 2.05) is 18.3 Å². The van der Waals surface area contributed by atoms with Gasteiger partial charge in [-0.15, -0.1) is 0 Å². The Bertz CT molecular complexity index is 787. The summed E-state index contributed by atoms with van der Waals surface area (Å²) in [4.78, 5) is 11.0. The van der Waals surface area contributed by atoms with Crippen LogP contribution in [0.15, 0.2) is 54.7 Å². The largest absolute Gasteiger partial charge is 0.478 e. The Kier molecular flexibility index (Phi) is 3.03. The maximum atomic E-state index is 11.0.